The summed E-state index contributed by atoms with van der Waals surface area (Å²) in [5.74, 6) is 0.556. The molecule has 2 rings (SSSR count). The van der Waals surface area contributed by atoms with Crippen molar-refractivity contribution in [3.63, 3.8) is 0 Å². The van der Waals surface area contributed by atoms with Crippen LogP contribution in [0.3, 0.4) is 0 Å². The zero-order valence-corrected chi connectivity index (χ0v) is 14.3. The average Bonchev–Trinajstić information content (AvgIpc) is 2.51. The van der Waals surface area contributed by atoms with Gasteiger partial charge in [0.1, 0.15) is 5.82 Å². The Morgan fingerprint density at radius 1 is 1.35 bits per heavy atom. The van der Waals surface area contributed by atoms with Gasteiger partial charge in [0, 0.05) is 25.8 Å². The standard InChI is InChI=1S/C15H23N3O4S/c1-12(2)22-8-5-16-14-4-3-13(11-17-14)15(19)18-6-9-23(20,21)10-7-18/h3-4,11-12H,5-10H2,1-2H3,(H,16,17). The number of carbonyl (C=O) groups is 1. The number of sulfone groups is 1. The first-order valence-corrected chi connectivity index (χ1v) is 9.51. The first kappa shape index (κ1) is 17.7. The molecule has 1 aromatic heterocycles. The van der Waals surface area contributed by atoms with Crippen molar-refractivity contribution < 1.29 is 17.9 Å². The number of hydrogen-bond donors (Lipinski definition) is 1. The predicted octanol–water partition coefficient (Wildman–Crippen LogP) is 0.789. The molecule has 1 amide bonds. The molecule has 128 valence electrons. The number of carbonyl (C=O) groups excluding carboxylic acids is 1. The van der Waals surface area contributed by atoms with E-state index < -0.39 is 9.84 Å². The highest BCUT2D eigenvalue weighted by Crippen LogP contribution is 2.11. The van der Waals surface area contributed by atoms with Crippen molar-refractivity contribution in [3.05, 3.63) is 23.9 Å². The van der Waals surface area contributed by atoms with Gasteiger partial charge in [-0.05, 0) is 26.0 Å². The molecule has 0 atom stereocenters. The molecule has 1 aliphatic heterocycles. The summed E-state index contributed by atoms with van der Waals surface area (Å²) in [6.07, 6.45) is 1.70. The number of pyridine rings is 1. The molecule has 1 N–H and O–H groups in total. The first-order valence-electron chi connectivity index (χ1n) is 7.68. The summed E-state index contributed by atoms with van der Waals surface area (Å²) in [5, 5.41) is 3.12. The maximum absolute atomic E-state index is 12.3. The fraction of sp³-hybridized carbons (Fsp3) is 0.600. The normalized spacial score (nSPS) is 17.3. The average molecular weight is 341 g/mol. The van der Waals surface area contributed by atoms with Crippen LogP contribution in [0.5, 0.6) is 0 Å². The molecule has 0 spiro atoms. The van der Waals surface area contributed by atoms with E-state index in [4.69, 9.17) is 4.74 Å². The van der Waals surface area contributed by atoms with Crippen molar-refractivity contribution in [1.29, 1.82) is 0 Å². The lowest BCUT2D eigenvalue weighted by Gasteiger charge is -2.26. The van der Waals surface area contributed by atoms with E-state index in [1.54, 1.807) is 17.0 Å². The molecule has 8 heteroatoms. The Morgan fingerprint density at radius 2 is 2.04 bits per heavy atom. The van der Waals surface area contributed by atoms with E-state index in [0.29, 0.717) is 24.5 Å². The highest BCUT2D eigenvalue weighted by molar-refractivity contribution is 7.91. The van der Waals surface area contributed by atoms with Gasteiger partial charge in [-0.15, -0.1) is 0 Å². The Labute approximate surface area is 137 Å². The maximum atomic E-state index is 12.3. The Morgan fingerprint density at radius 3 is 2.61 bits per heavy atom. The molecule has 0 aromatic carbocycles. The van der Waals surface area contributed by atoms with Crippen LogP contribution in [0.1, 0.15) is 24.2 Å². The van der Waals surface area contributed by atoms with Crippen LogP contribution in [-0.2, 0) is 14.6 Å². The molecule has 0 aliphatic carbocycles. The van der Waals surface area contributed by atoms with Gasteiger partial charge in [0.2, 0.25) is 0 Å². The number of aromatic nitrogens is 1. The quantitative estimate of drug-likeness (QED) is 0.770. The highest BCUT2D eigenvalue weighted by Gasteiger charge is 2.25. The molecule has 1 aromatic rings. The van der Waals surface area contributed by atoms with Gasteiger partial charge in [0.15, 0.2) is 9.84 Å². The Kier molecular flexibility index (Phi) is 5.95. The van der Waals surface area contributed by atoms with Crippen LogP contribution in [0.2, 0.25) is 0 Å². The van der Waals surface area contributed by atoms with Crippen LogP contribution in [0.25, 0.3) is 0 Å². The fourth-order valence-electron chi connectivity index (χ4n) is 2.20. The number of nitrogens with one attached hydrogen (secondary N) is 1. The van der Waals surface area contributed by atoms with Crippen LogP contribution >= 0.6 is 0 Å². The van der Waals surface area contributed by atoms with Crippen LogP contribution in [0.15, 0.2) is 18.3 Å². The largest absolute Gasteiger partial charge is 0.377 e. The maximum Gasteiger partial charge on any atom is 0.255 e. The van der Waals surface area contributed by atoms with Gasteiger partial charge in [-0.3, -0.25) is 4.79 Å². The summed E-state index contributed by atoms with van der Waals surface area (Å²) in [5.41, 5.74) is 0.466. The van der Waals surface area contributed by atoms with Crippen LogP contribution < -0.4 is 5.32 Å². The molecule has 2 heterocycles. The summed E-state index contributed by atoms with van der Waals surface area (Å²) in [7, 11) is -2.99. The topological polar surface area (TPSA) is 88.6 Å². The van der Waals surface area contributed by atoms with E-state index >= 15 is 0 Å². The van der Waals surface area contributed by atoms with E-state index in [0.717, 1.165) is 0 Å². The molecule has 1 saturated heterocycles. The molecule has 0 unspecified atom stereocenters. The zero-order valence-electron chi connectivity index (χ0n) is 13.5. The van der Waals surface area contributed by atoms with Gasteiger partial charge in [0.05, 0.1) is 29.8 Å². The molecule has 1 aliphatic rings. The van der Waals surface area contributed by atoms with Gasteiger partial charge in [0.25, 0.3) is 5.91 Å². The molecule has 23 heavy (non-hydrogen) atoms. The third-order valence-corrected chi connectivity index (χ3v) is 5.11. The highest BCUT2D eigenvalue weighted by atomic mass is 32.2. The number of anilines is 1. The van der Waals surface area contributed by atoms with E-state index in [1.165, 1.54) is 6.20 Å². The summed E-state index contributed by atoms with van der Waals surface area (Å²) < 4.78 is 28.2. The Balaban J connectivity index is 1.85. The summed E-state index contributed by atoms with van der Waals surface area (Å²) >= 11 is 0. The van der Waals surface area contributed by atoms with Crippen molar-refractivity contribution in [2.24, 2.45) is 0 Å². The number of hydrogen-bond acceptors (Lipinski definition) is 6. The molecule has 0 bridgehead atoms. The Bertz CT molecular complexity index is 615. The minimum Gasteiger partial charge on any atom is -0.377 e. The van der Waals surface area contributed by atoms with E-state index in [-0.39, 0.29) is 36.6 Å². The second-order valence-corrected chi connectivity index (χ2v) is 8.03. The van der Waals surface area contributed by atoms with E-state index in [9.17, 15) is 13.2 Å². The lowest BCUT2D eigenvalue weighted by molar-refractivity contribution is 0.0769. The number of nitrogens with zero attached hydrogens (tertiary/aromatic N) is 2. The minimum atomic E-state index is -2.99. The third kappa shape index (κ3) is 5.47. The van der Waals surface area contributed by atoms with Gasteiger partial charge < -0.3 is 15.0 Å². The molecule has 0 saturated carbocycles. The summed E-state index contributed by atoms with van der Waals surface area (Å²) in [6, 6.07) is 3.44. The van der Waals surface area contributed by atoms with Crippen molar-refractivity contribution in [2.75, 3.05) is 43.1 Å². The zero-order chi connectivity index (χ0) is 16.9. The van der Waals surface area contributed by atoms with Crippen LogP contribution in [0.4, 0.5) is 5.82 Å². The molecular weight excluding hydrogens is 318 g/mol. The molecule has 0 radical (unpaired) electrons. The van der Waals surface area contributed by atoms with Crippen LogP contribution in [0, 0.1) is 0 Å². The number of ether oxygens (including phenoxy) is 1. The second kappa shape index (κ2) is 7.74. The van der Waals surface area contributed by atoms with Gasteiger partial charge >= 0.3 is 0 Å². The van der Waals surface area contributed by atoms with Crippen molar-refractivity contribution in [1.82, 2.24) is 9.88 Å². The van der Waals surface area contributed by atoms with E-state index in [2.05, 4.69) is 10.3 Å². The Hall–Kier alpha value is -1.67. The summed E-state index contributed by atoms with van der Waals surface area (Å²) in [6.45, 7) is 5.67. The number of amides is 1. The molecule has 7 nitrogen and oxygen atoms in total. The minimum absolute atomic E-state index is 0.0294. The second-order valence-electron chi connectivity index (χ2n) is 5.72. The van der Waals surface area contributed by atoms with Crippen molar-refractivity contribution in [3.8, 4) is 0 Å². The smallest absolute Gasteiger partial charge is 0.255 e. The van der Waals surface area contributed by atoms with Crippen molar-refractivity contribution in [2.45, 2.75) is 20.0 Å². The predicted molar refractivity (Wildman–Crippen MR) is 88.4 cm³/mol. The van der Waals surface area contributed by atoms with Crippen molar-refractivity contribution >= 4 is 21.6 Å². The first-order chi connectivity index (χ1) is 10.9. The monoisotopic (exact) mass is 341 g/mol. The van der Waals surface area contributed by atoms with Gasteiger partial charge in [-0.1, -0.05) is 0 Å². The molecule has 1 fully saturated rings. The van der Waals surface area contributed by atoms with Gasteiger partial charge in [-0.25, -0.2) is 13.4 Å². The van der Waals surface area contributed by atoms with Gasteiger partial charge in [-0.2, -0.15) is 0 Å². The van der Waals surface area contributed by atoms with E-state index in [1.807, 2.05) is 13.8 Å². The lowest BCUT2D eigenvalue weighted by atomic mass is 10.2. The van der Waals surface area contributed by atoms with Crippen LogP contribution in [-0.4, -0.2) is 68.1 Å². The third-order valence-electron chi connectivity index (χ3n) is 3.50. The summed E-state index contributed by atoms with van der Waals surface area (Å²) in [4.78, 5) is 18.1. The molecular formula is C15H23N3O4S. The fourth-order valence-corrected chi connectivity index (χ4v) is 3.40. The lowest BCUT2D eigenvalue weighted by Crippen LogP contribution is -2.43. The SMILES string of the molecule is CC(C)OCCNc1ccc(C(=O)N2CCS(=O)(=O)CC2)cn1. The number of rotatable bonds is 6.